The Morgan fingerprint density at radius 2 is 1.92 bits per heavy atom. The van der Waals surface area contributed by atoms with Crippen LogP contribution < -0.4 is 0 Å². The molecule has 64 valence electrons. The number of nitriles is 1. The molecule has 0 aromatic carbocycles. The summed E-state index contributed by atoms with van der Waals surface area (Å²) in [6.45, 7) is 3.08. The summed E-state index contributed by atoms with van der Waals surface area (Å²) in [6, 6.07) is -0.562. The molecule has 1 heterocycles. The molecule has 5 heteroatoms. The van der Waals surface area contributed by atoms with Gasteiger partial charge in [-0.3, -0.25) is 9.69 Å². The summed E-state index contributed by atoms with van der Waals surface area (Å²) in [7, 11) is 1.36. The molecule has 0 atom stereocenters. The Hall–Kier alpha value is -1.57. The lowest BCUT2D eigenvalue weighted by molar-refractivity contribution is -0.130. The first-order valence-corrected chi connectivity index (χ1v) is 3.45. The van der Waals surface area contributed by atoms with E-state index in [1.165, 1.54) is 7.05 Å². The number of hydrogen-bond acceptors (Lipinski definition) is 3. The van der Waals surface area contributed by atoms with Gasteiger partial charge in [0.15, 0.2) is 6.19 Å². The summed E-state index contributed by atoms with van der Waals surface area (Å²) < 4.78 is 0. The van der Waals surface area contributed by atoms with E-state index in [2.05, 4.69) is 0 Å². The first-order valence-electron chi connectivity index (χ1n) is 3.45. The minimum Gasteiger partial charge on any atom is -0.272 e. The van der Waals surface area contributed by atoms with Gasteiger partial charge in [0.05, 0.1) is 0 Å². The van der Waals surface area contributed by atoms with E-state index >= 15 is 0 Å². The van der Waals surface area contributed by atoms with Gasteiger partial charge >= 0.3 is 6.03 Å². The minimum atomic E-state index is -1.03. The van der Waals surface area contributed by atoms with Crippen molar-refractivity contribution in [1.29, 1.82) is 5.26 Å². The lowest BCUT2D eigenvalue weighted by Crippen LogP contribution is -2.41. The van der Waals surface area contributed by atoms with Crippen LogP contribution in [0.3, 0.4) is 0 Å². The molecule has 1 aliphatic rings. The molecular weight excluding hydrogens is 158 g/mol. The number of urea groups is 1. The number of amides is 3. The second-order valence-electron chi connectivity index (χ2n) is 3.14. The summed E-state index contributed by atoms with van der Waals surface area (Å²) in [5.41, 5.74) is -1.03. The Kier molecular flexibility index (Phi) is 1.57. The summed E-state index contributed by atoms with van der Waals surface area (Å²) in [5.74, 6) is -0.353. The van der Waals surface area contributed by atoms with E-state index in [1.807, 2.05) is 0 Å². The van der Waals surface area contributed by atoms with Crippen molar-refractivity contribution in [1.82, 2.24) is 9.80 Å². The van der Waals surface area contributed by atoms with E-state index in [9.17, 15) is 9.59 Å². The van der Waals surface area contributed by atoms with Crippen molar-refractivity contribution in [2.75, 3.05) is 7.05 Å². The summed E-state index contributed by atoms with van der Waals surface area (Å²) in [6.07, 6.45) is 1.69. The first kappa shape index (κ1) is 8.53. The van der Waals surface area contributed by atoms with E-state index in [1.54, 1.807) is 20.0 Å². The number of rotatable bonds is 0. The standard InChI is InChI=1S/C7H9N3O2/c1-7(2)5(11)9(3)6(12)10(7)4-8/h1-3H3. The molecule has 1 aliphatic heterocycles. The van der Waals surface area contributed by atoms with Gasteiger partial charge in [-0.2, -0.15) is 5.26 Å². The average molecular weight is 167 g/mol. The fourth-order valence-electron chi connectivity index (χ4n) is 1.15. The molecule has 0 aliphatic carbocycles. The zero-order valence-electron chi connectivity index (χ0n) is 7.16. The van der Waals surface area contributed by atoms with Gasteiger partial charge in [-0.05, 0) is 13.8 Å². The van der Waals surface area contributed by atoms with E-state index in [4.69, 9.17) is 5.26 Å². The van der Waals surface area contributed by atoms with Gasteiger partial charge in [0.25, 0.3) is 5.91 Å². The van der Waals surface area contributed by atoms with Gasteiger partial charge in [0.1, 0.15) is 5.54 Å². The second kappa shape index (κ2) is 2.21. The van der Waals surface area contributed by atoms with Crippen molar-refractivity contribution in [2.45, 2.75) is 19.4 Å². The Morgan fingerprint density at radius 1 is 1.42 bits per heavy atom. The fraction of sp³-hybridized carbons (Fsp3) is 0.571. The number of likely N-dealkylation sites (N-methyl/N-ethyl adjacent to an activating group) is 1. The molecule has 12 heavy (non-hydrogen) atoms. The van der Waals surface area contributed by atoms with Crippen molar-refractivity contribution >= 4 is 11.9 Å². The molecule has 0 bridgehead atoms. The summed E-state index contributed by atoms with van der Waals surface area (Å²) >= 11 is 0. The second-order valence-corrected chi connectivity index (χ2v) is 3.14. The maximum atomic E-state index is 11.3. The third-order valence-corrected chi connectivity index (χ3v) is 1.97. The maximum Gasteiger partial charge on any atom is 0.340 e. The van der Waals surface area contributed by atoms with Crippen LogP contribution in [-0.4, -0.2) is 34.3 Å². The maximum absolute atomic E-state index is 11.3. The predicted octanol–water partition coefficient (Wildman–Crippen LogP) is 0.140. The topological polar surface area (TPSA) is 64.4 Å². The molecule has 5 nitrogen and oxygen atoms in total. The Morgan fingerprint density at radius 3 is 2.08 bits per heavy atom. The van der Waals surface area contributed by atoms with Gasteiger partial charge in [-0.1, -0.05) is 0 Å². The minimum absolute atomic E-state index is 0.353. The number of carbonyl (C=O) groups is 2. The highest BCUT2D eigenvalue weighted by molar-refractivity contribution is 6.06. The molecule has 0 aromatic heterocycles. The molecule has 1 rings (SSSR count). The van der Waals surface area contributed by atoms with Crippen LogP contribution in [0.15, 0.2) is 0 Å². The largest absolute Gasteiger partial charge is 0.340 e. The molecule has 0 aromatic rings. The molecule has 0 unspecified atom stereocenters. The monoisotopic (exact) mass is 167 g/mol. The lowest BCUT2D eigenvalue weighted by Gasteiger charge is -2.19. The molecule has 1 saturated heterocycles. The molecule has 0 spiro atoms. The zero-order valence-corrected chi connectivity index (χ0v) is 7.16. The van der Waals surface area contributed by atoms with E-state index in [0.29, 0.717) is 0 Å². The van der Waals surface area contributed by atoms with Crippen LogP contribution in [-0.2, 0) is 4.79 Å². The molecule has 1 fully saturated rings. The molecule has 0 radical (unpaired) electrons. The van der Waals surface area contributed by atoms with Gasteiger partial charge < -0.3 is 0 Å². The van der Waals surface area contributed by atoms with Crippen LogP contribution in [0.4, 0.5) is 4.79 Å². The highest BCUT2D eigenvalue weighted by Crippen LogP contribution is 2.24. The fourth-order valence-corrected chi connectivity index (χ4v) is 1.15. The first-order chi connectivity index (χ1) is 5.42. The quantitative estimate of drug-likeness (QED) is 0.380. The van der Waals surface area contributed by atoms with Crippen molar-refractivity contribution in [3.8, 4) is 6.19 Å². The number of hydrogen-bond donors (Lipinski definition) is 0. The van der Waals surface area contributed by atoms with E-state index in [0.717, 1.165) is 9.80 Å². The Balaban J connectivity index is 3.15. The number of carbonyl (C=O) groups excluding carboxylic acids is 2. The predicted molar refractivity (Wildman–Crippen MR) is 39.7 cm³/mol. The van der Waals surface area contributed by atoms with Crippen LogP contribution in [0.25, 0.3) is 0 Å². The Bertz CT molecular complexity index is 290. The molecular formula is C7H9N3O2. The van der Waals surface area contributed by atoms with Crippen molar-refractivity contribution < 1.29 is 9.59 Å². The molecule has 0 N–H and O–H groups in total. The van der Waals surface area contributed by atoms with Crippen LogP contribution >= 0.6 is 0 Å². The third kappa shape index (κ3) is 0.780. The SMILES string of the molecule is CN1C(=O)N(C#N)C(C)(C)C1=O. The van der Waals surface area contributed by atoms with Gasteiger partial charge in [-0.15, -0.1) is 0 Å². The third-order valence-electron chi connectivity index (χ3n) is 1.97. The van der Waals surface area contributed by atoms with Crippen LogP contribution in [0.1, 0.15) is 13.8 Å². The normalized spacial score (nSPS) is 21.5. The highest BCUT2D eigenvalue weighted by atomic mass is 16.2. The average Bonchev–Trinajstić information content (AvgIpc) is 2.13. The van der Waals surface area contributed by atoms with Crippen molar-refractivity contribution in [3.63, 3.8) is 0 Å². The molecule has 3 amide bonds. The van der Waals surface area contributed by atoms with Gasteiger partial charge in [0.2, 0.25) is 0 Å². The smallest absolute Gasteiger partial charge is 0.272 e. The van der Waals surface area contributed by atoms with E-state index < -0.39 is 11.6 Å². The summed E-state index contributed by atoms with van der Waals surface area (Å²) in [5, 5.41) is 8.58. The molecule has 0 saturated carbocycles. The van der Waals surface area contributed by atoms with Crippen molar-refractivity contribution in [2.24, 2.45) is 0 Å². The van der Waals surface area contributed by atoms with Crippen LogP contribution in [0.5, 0.6) is 0 Å². The highest BCUT2D eigenvalue weighted by Gasteiger charge is 2.50. The van der Waals surface area contributed by atoms with E-state index in [-0.39, 0.29) is 5.91 Å². The number of imide groups is 1. The zero-order chi connectivity index (χ0) is 9.52. The van der Waals surface area contributed by atoms with Crippen LogP contribution in [0.2, 0.25) is 0 Å². The number of nitrogens with zero attached hydrogens (tertiary/aromatic N) is 3. The lowest BCUT2D eigenvalue weighted by atomic mass is 10.1. The van der Waals surface area contributed by atoms with Gasteiger partial charge in [0, 0.05) is 7.05 Å². The van der Waals surface area contributed by atoms with Crippen LogP contribution in [0, 0.1) is 11.5 Å². The van der Waals surface area contributed by atoms with Gasteiger partial charge in [-0.25, -0.2) is 9.69 Å². The Labute approximate surface area is 70.2 Å². The summed E-state index contributed by atoms with van der Waals surface area (Å²) in [4.78, 5) is 24.3. The van der Waals surface area contributed by atoms with Crippen molar-refractivity contribution in [3.05, 3.63) is 0 Å².